The highest BCUT2D eigenvalue weighted by molar-refractivity contribution is 6.72. The fourth-order valence-electron chi connectivity index (χ4n) is 6.11. The molecule has 4 atom stereocenters. The Kier molecular flexibility index (Phi) is 2.23. The van der Waals surface area contributed by atoms with E-state index in [1.54, 1.807) is 0 Å². The summed E-state index contributed by atoms with van der Waals surface area (Å²) < 4.78 is 2.62. The number of hydrogen-bond donors (Lipinski definition) is 0. The van der Waals surface area contributed by atoms with Crippen LogP contribution in [0.2, 0.25) is 19.0 Å². The minimum absolute atomic E-state index is 0.276. The second-order valence-electron chi connectivity index (χ2n) is 7.58. The van der Waals surface area contributed by atoms with Gasteiger partial charge < -0.3 is 4.48 Å². The first-order chi connectivity index (χ1) is 8.70. The van der Waals surface area contributed by atoms with Crippen LogP contribution in [0.5, 0.6) is 0 Å². The molecule has 2 heteroatoms. The van der Waals surface area contributed by atoms with Crippen LogP contribution in [0.25, 0.3) is 0 Å². The second kappa shape index (κ2) is 3.62. The van der Waals surface area contributed by atoms with Gasteiger partial charge in [0.15, 0.2) is 0 Å². The van der Waals surface area contributed by atoms with Crippen LogP contribution < -0.4 is 4.48 Å². The predicted molar refractivity (Wildman–Crippen MR) is 75.6 cm³/mol. The van der Waals surface area contributed by atoms with E-state index in [0.29, 0.717) is 0 Å². The maximum Gasteiger partial charge on any atom is 0.279 e. The first-order valence-corrected chi connectivity index (χ1v) is 7.86. The van der Waals surface area contributed by atoms with Crippen molar-refractivity contribution < 1.29 is 4.48 Å². The van der Waals surface area contributed by atoms with E-state index < -0.39 is 0 Å². The Morgan fingerprint density at radius 1 is 0.889 bits per heavy atom. The van der Waals surface area contributed by atoms with Crippen molar-refractivity contribution in [3.8, 4) is 0 Å². The van der Waals surface area contributed by atoms with Crippen LogP contribution in [0.15, 0.2) is 30.6 Å². The van der Waals surface area contributed by atoms with Crippen molar-refractivity contribution in [3.05, 3.63) is 30.6 Å². The third-order valence-corrected chi connectivity index (χ3v) is 7.01. The van der Waals surface area contributed by atoms with E-state index in [2.05, 4.69) is 48.9 Å². The lowest BCUT2D eigenvalue weighted by molar-refractivity contribution is -0.552. The van der Waals surface area contributed by atoms with Gasteiger partial charge in [-0.2, -0.15) is 0 Å². The Bertz CT molecular complexity index is 439. The van der Waals surface area contributed by atoms with Crippen molar-refractivity contribution in [2.24, 2.45) is 29.6 Å². The van der Waals surface area contributed by atoms with Gasteiger partial charge in [0.2, 0.25) is 0 Å². The molecule has 4 bridgehead atoms. The number of hydrogen-bond acceptors (Lipinski definition) is 0. The van der Waals surface area contributed by atoms with E-state index in [0.717, 1.165) is 29.6 Å². The molecule has 3 aliphatic heterocycles. The van der Waals surface area contributed by atoms with Crippen molar-refractivity contribution in [1.29, 1.82) is 0 Å². The summed E-state index contributed by atoms with van der Waals surface area (Å²) in [4.78, 5) is 0. The van der Waals surface area contributed by atoms with Gasteiger partial charge in [0, 0.05) is 0 Å². The maximum absolute atomic E-state index is 2.62. The standard InChI is InChI=1S/C16H24BN/c1-12-14-8-15-10-17(9-14,11-16(12)13(15)2)18-6-4-3-5-7-18/h3-7,12-16H,8-11H2,1-2H3/t12-,13-,14?,15?,16?,17?/m1/s1. The topological polar surface area (TPSA) is 3.88 Å². The molecule has 3 saturated heterocycles. The number of pyridine rings is 1. The monoisotopic (exact) mass is 241 g/mol. The van der Waals surface area contributed by atoms with Gasteiger partial charge in [-0.1, -0.05) is 44.1 Å². The molecule has 0 radical (unpaired) electrons. The van der Waals surface area contributed by atoms with Crippen molar-refractivity contribution in [2.75, 3.05) is 0 Å². The van der Waals surface area contributed by atoms with Gasteiger partial charge in [0.25, 0.3) is 6.28 Å². The van der Waals surface area contributed by atoms with Gasteiger partial charge in [-0.05, 0) is 24.0 Å². The van der Waals surface area contributed by atoms with E-state index in [4.69, 9.17) is 0 Å². The molecular formula is C16H24BN. The largest absolute Gasteiger partial charge is 0.427 e. The first-order valence-electron chi connectivity index (χ1n) is 7.86. The van der Waals surface area contributed by atoms with Crippen LogP contribution in [-0.2, 0) is 0 Å². The molecule has 18 heavy (non-hydrogen) atoms. The highest BCUT2D eigenvalue weighted by Crippen LogP contribution is 2.59. The van der Waals surface area contributed by atoms with E-state index in [9.17, 15) is 0 Å². The predicted octanol–water partition coefficient (Wildman–Crippen LogP) is 3.32. The molecule has 4 fully saturated rings. The maximum atomic E-state index is 2.62. The van der Waals surface area contributed by atoms with Gasteiger partial charge in [0.05, 0.1) is 0 Å². The molecule has 4 heterocycles. The molecule has 4 aliphatic rings. The van der Waals surface area contributed by atoms with Gasteiger partial charge in [0.1, 0.15) is 12.4 Å². The normalized spacial score (nSPS) is 49.6. The van der Waals surface area contributed by atoms with Gasteiger partial charge in [-0.25, -0.2) is 0 Å². The minimum atomic E-state index is -0.276. The molecular weight excluding hydrogens is 217 g/mol. The van der Waals surface area contributed by atoms with Crippen LogP contribution in [0, 0.1) is 29.6 Å². The summed E-state index contributed by atoms with van der Waals surface area (Å²) in [6.45, 7) is 5.06. The number of nitrogens with zero attached hydrogens (tertiary/aromatic N) is 1. The van der Waals surface area contributed by atoms with Crippen LogP contribution in [0.4, 0.5) is 0 Å². The van der Waals surface area contributed by atoms with Crippen LogP contribution in [0.1, 0.15) is 20.3 Å². The zero-order valence-electron chi connectivity index (χ0n) is 11.6. The molecule has 1 nitrogen and oxygen atoms in total. The Hall–Kier alpha value is -0.785. The zero-order valence-corrected chi connectivity index (χ0v) is 11.6. The average molecular weight is 241 g/mol. The minimum Gasteiger partial charge on any atom is -0.427 e. The van der Waals surface area contributed by atoms with Crippen LogP contribution in [-0.4, -0.2) is 6.28 Å². The van der Waals surface area contributed by atoms with Gasteiger partial charge in [-0.15, -0.1) is 19.0 Å². The molecule has 1 aromatic rings. The molecule has 1 saturated carbocycles. The molecule has 0 N–H and O–H groups in total. The Labute approximate surface area is 111 Å². The van der Waals surface area contributed by atoms with Gasteiger partial charge >= 0.3 is 0 Å². The molecule has 96 valence electrons. The summed E-state index contributed by atoms with van der Waals surface area (Å²) in [5.41, 5.74) is 0. The Balaban J connectivity index is 1.77. The SMILES string of the molecule is C[C@@H]1C2CC3C[B-]([n+]4ccccc4)(C2)CC1[C@@H]3C. The fourth-order valence-corrected chi connectivity index (χ4v) is 6.11. The third-order valence-electron chi connectivity index (χ3n) is 7.01. The third kappa shape index (κ3) is 1.32. The summed E-state index contributed by atoms with van der Waals surface area (Å²) in [6, 6.07) is 6.58. The number of aromatic nitrogens is 1. The second-order valence-corrected chi connectivity index (χ2v) is 7.58. The van der Waals surface area contributed by atoms with E-state index in [1.807, 2.05) is 0 Å². The molecule has 2 unspecified atom stereocenters. The molecule has 1 aromatic heterocycles. The number of rotatable bonds is 1. The fraction of sp³-hybridized carbons (Fsp3) is 0.688. The molecule has 0 amide bonds. The van der Waals surface area contributed by atoms with Gasteiger partial charge in [-0.3, -0.25) is 0 Å². The van der Waals surface area contributed by atoms with E-state index in [-0.39, 0.29) is 6.28 Å². The summed E-state index contributed by atoms with van der Waals surface area (Å²) in [5, 5.41) is 0. The lowest BCUT2D eigenvalue weighted by Gasteiger charge is -2.62. The van der Waals surface area contributed by atoms with Crippen molar-refractivity contribution in [3.63, 3.8) is 0 Å². The molecule has 5 rings (SSSR count). The first kappa shape index (κ1) is 11.1. The average Bonchev–Trinajstić information content (AvgIpc) is 2.41. The summed E-state index contributed by atoms with van der Waals surface area (Å²) >= 11 is 0. The lowest BCUT2D eigenvalue weighted by atomic mass is 9.16. The van der Waals surface area contributed by atoms with Crippen LogP contribution in [0.3, 0.4) is 0 Å². The molecule has 0 spiro atoms. The van der Waals surface area contributed by atoms with Crippen molar-refractivity contribution in [2.45, 2.75) is 39.2 Å². The van der Waals surface area contributed by atoms with E-state index in [1.165, 1.54) is 25.4 Å². The van der Waals surface area contributed by atoms with Crippen molar-refractivity contribution in [1.82, 2.24) is 0 Å². The highest BCUT2D eigenvalue weighted by atomic mass is 14.9. The Morgan fingerprint density at radius 2 is 1.50 bits per heavy atom. The summed E-state index contributed by atoms with van der Waals surface area (Å²) in [6.07, 6.45) is 10.4. The smallest absolute Gasteiger partial charge is 0.279 e. The lowest BCUT2D eigenvalue weighted by Crippen LogP contribution is -2.73. The summed E-state index contributed by atoms with van der Waals surface area (Å²) in [7, 11) is 0. The highest BCUT2D eigenvalue weighted by Gasteiger charge is 2.58. The molecule has 0 aromatic carbocycles. The Morgan fingerprint density at radius 3 is 2.11 bits per heavy atom. The summed E-state index contributed by atoms with van der Waals surface area (Å²) in [5.74, 6) is 5.01. The van der Waals surface area contributed by atoms with Crippen molar-refractivity contribution >= 4 is 6.28 Å². The van der Waals surface area contributed by atoms with E-state index >= 15 is 0 Å². The quantitative estimate of drug-likeness (QED) is 0.664. The van der Waals surface area contributed by atoms with Crippen LogP contribution >= 0.6 is 0 Å². The zero-order chi connectivity index (χ0) is 12.3. The molecule has 1 aliphatic carbocycles.